The van der Waals surface area contributed by atoms with Crippen molar-refractivity contribution >= 4 is 40.6 Å². The van der Waals surface area contributed by atoms with Crippen LogP contribution in [0.3, 0.4) is 0 Å². The molecule has 1 atom stereocenters. The molecule has 1 aliphatic carbocycles. The molecule has 1 aromatic heterocycles. The van der Waals surface area contributed by atoms with Crippen molar-refractivity contribution in [3.63, 3.8) is 0 Å². The first-order chi connectivity index (χ1) is 18.7. The highest BCUT2D eigenvalue weighted by atomic mass is 32.1. The first kappa shape index (κ1) is 27.9. The van der Waals surface area contributed by atoms with Crippen molar-refractivity contribution in [2.24, 2.45) is 5.73 Å². The maximum Gasteiger partial charge on any atom is 0.273 e. The number of rotatable bonds is 9. The van der Waals surface area contributed by atoms with E-state index in [0.717, 1.165) is 49.2 Å². The molecule has 0 saturated heterocycles. The average molecular weight is 552 g/mol. The number of hydrogen-bond acceptors (Lipinski definition) is 8. The number of aryl methyl sites for hydroxylation is 1. The minimum absolute atomic E-state index is 0.00158. The normalized spacial score (nSPS) is 14.3. The van der Waals surface area contributed by atoms with Crippen LogP contribution in [-0.2, 0) is 4.79 Å². The van der Waals surface area contributed by atoms with Crippen molar-refractivity contribution in [1.82, 2.24) is 9.69 Å². The number of carbonyl (C=O) groups is 3. The third-order valence-corrected chi connectivity index (χ3v) is 7.71. The quantitative estimate of drug-likeness (QED) is 0.364. The number of nitrogens with two attached hydrogens (primary N) is 2. The summed E-state index contributed by atoms with van der Waals surface area (Å²) in [6, 6.07) is 11.2. The van der Waals surface area contributed by atoms with Crippen molar-refractivity contribution in [2.75, 3.05) is 24.9 Å². The number of hydrogen-bond donors (Lipinski definition) is 3. The Labute approximate surface area is 231 Å². The second kappa shape index (κ2) is 12.2. The van der Waals surface area contributed by atoms with Gasteiger partial charge < -0.3 is 26.3 Å². The Morgan fingerprint density at radius 2 is 1.74 bits per heavy atom. The van der Waals surface area contributed by atoms with Gasteiger partial charge in [-0.1, -0.05) is 37.5 Å². The number of carbonyl (C=O) groups excluding carboxylic acids is 3. The highest BCUT2D eigenvalue weighted by molar-refractivity contribution is 7.09. The van der Waals surface area contributed by atoms with E-state index in [9.17, 15) is 14.4 Å². The molecule has 206 valence electrons. The van der Waals surface area contributed by atoms with E-state index in [1.165, 1.54) is 12.0 Å². The Bertz CT molecular complexity index is 1350. The van der Waals surface area contributed by atoms with Crippen LogP contribution in [-0.4, -0.2) is 42.4 Å². The molecule has 0 radical (unpaired) electrons. The third-order valence-electron chi connectivity index (χ3n) is 6.86. The molecule has 0 unspecified atom stereocenters. The molecule has 1 fully saturated rings. The molecule has 39 heavy (non-hydrogen) atoms. The molecule has 0 spiro atoms. The second-order valence-electron chi connectivity index (χ2n) is 9.51. The maximum absolute atomic E-state index is 14.3. The Kier molecular flexibility index (Phi) is 8.70. The zero-order valence-electron chi connectivity index (χ0n) is 22.2. The molecule has 4 rings (SSSR count). The van der Waals surface area contributed by atoms with Crippen LogP contribution in [0, 0.1) is 6.92 Å². The maximum atomic E-state index is 14.3. The Morgan fingerprint density at radius 1 is 1.05 bits per heavy atom. The number of nitrogens with one attached hydrogen (secondary N) is 1. The first-order valence-electron chi connectivity index (χ1n) is 12.7. The summed E-state index contributed by atoms with van der Waals surface area (Å²) in [7, 11) is 3.05. The van der Waals surface area contributed by atoms with Gasteiger partial charge in [0.15, 0.2) is 5.69 Å². The van der Waals surface area contributed by atoms with Crippen molar-refractivity contribution < 1.29 is 23.9 Å². The standard InChI is InChI=1S/C28H33N5O5S/c1-16-9-14-21(38-3)20(15-16)33(28(36)25-22(29)23(26(30)34)32-39-25)24(17-10-12-19(37-2)13-11-17)27(35)31-18-7-5-4-6-8-18/h9-15,18,24H,4-8,29H2,1-3H3,(H2,30,34)(H,31,35)/t24-/m0/s1. The zero-order valence-corrected chi connectivity index (χ0v) is 23.0. The summed E-state index contributed by atoms with van der Waals surface area (Å²) in [5.74, 6) is -0.808. The zero-order chi connectivity index (χ0) is 28.1. The smallest absolute Gasteiger partial charge is 0.273 e. The number of nitrogens with zero attached hydrogens (tertiary/aromatic N) is 2. The van der Waals surface area contributed by atoms with E-state index in [-0.39, 0.29) is 28.2 Å². The van der Waals surface area contributed by atoms with Crippen LogP contribution in [0.15, 0.2) is 42.5 Å². The molecule has 1 saturated carbocycles. The molecule has 10 nitrogen and oxygen atoms in total. The van der Waals surface area contributed by atoms with Crippen molar-refractivity contribution in [3.8, 4) is 11.5 Å². The van der Waals surface area contributed by atoms with E-state index in [1.807, 2.05) is 13.0 Å². The lowest BCUT2D eigenvalue weighted by Crippen LogP contribution is -2.47. The van der Waals surface area contributed by atoms with Crippen molar-refractivity contribution in [2.45, 2.75) is 51.1 Å². The fourth-order valence-electron chi connectivity index (χ4n) is 4.82. The highest BCUT2D eigenvalue weighted by Gasteiger charge is 2.38. The van der Waals surface area contributed by atoms with Gasteiger partial charge in [-0.2, -0.15) is 4.37 Å². The highest BCUT2D eigenvalue weighted by Crippen LogP contribution is 2.39. The average Bonchev–Trinajstić information content (AvgIpc) is 3.33. The number of benzene rings is 2. The Morgan fingerprint density at radius 3 is 2.33 bits per heavy atom. The van der Waals surface area contributed by atoms with Crippen molar-refractivity contribution in [1.29, 1.82) is 0 Å². The summed E-state index contributed by atoms with van der Waals surface area (Å²) in [6.07, 6.45) is 4.92. The van der Waals surface area contributed by atoms with Gasteiger partial charge in [0.1, 0.15) is 22.4 Å². The summed E-state index contributed by atoms with van der Waals surface area (Å²) >= 11 is 0.760. The van der Waals surface area contributed by atoms with Crippen LogP contribution >= 0.6 is 11.5 Å². The van der Waals surface area contributed by atoms with Gasteiger partial charge in [-0.3, -0.25) is 19.3 Å². The van der Waals surface area contributed by atoms with Gasteiger partial charge in [-0.15, -0.1) is 0 Å². The molecule has 3 amide bonds. The number of ether oxygens (including phenoxy) is 2. The number of anilines is 2. The number of nitrogen functional groups attached to an aromatic ring is 1. The van der Waals surface area contributed by atoms with Gasteiger partial charge in [-0.25, -0.2) is 0 Å². The minimum Gasteiger partial charge on any atom is -0.497 e. The third kappa shape index (κ3) is 5.98. The van der Waals surface area contributed by atoms with E-state index in [0.29, 0.717) is 22.7 Å². The molecular formula is C28H33N5O5S. The number of methoxy groups -OCH3 is 2. The van der Waals surface area contributed by atoms with Gasteiger partial charge in [0.2, 0.25) is 5.91 Å². The molecule has 3 aromatic rings. The van der Waals surface area contributed by atoms with Gasteiger partial charge in [0.05, 0.1) is 25.6 Å². The van der Waals surface area contributed by atoms with Crippen LogP contribution in [0.2, 0.25) is 0 Å². The molecule has 1 heterocycles. The van der Waals surface area contributed by atoms with Gasteiger partial charge in [0, 0.05) is 6.04 Å². The summed E-state index contributed by atoms with van der Waals surface area (Å²) < 4.78 is 15.0. The summed E-state index contributed by atoms with van der Waals surface area (Å²) in [5.41, 5.74) is 13.0. The fourth-order valence-corrected chi connectivity index (χ4v) is 5.57. The molecule has 5 N–H and O–H groups in total. The number of amides is 3. The monoisotopic (exact) mass is 551 g/mol. The summed E-state index contributed by atoms with van der Waals surface area (Å²) in [6.45, 7) is 1.88. The predicted octanol–water partition coefficient (Wildman–Crippen LogP) is 3.99. The molecule has 0 aliphatic heterocycles. The lowest BCUT2D eigenvalue weighted by atomic mass is 9.94. The summed E-state index contributed by atoms with van der Waals surface area (Å²) in [5, 5.41) is 3.17. The van der Waals surface area contributed by atoms with E-state index in [2.05, 4.69) is 9.69 Å². The lowest BCUT2D eigenvalue weighted by molar-refractivity contribution is -0.123. The predicted molar refractivity (Wildman–Crippen MR) is 150 cm³/mol. The van der Waals surface area contributed by atoms with Crippen LogP contribution in [0.1, 0.15) is 69.4 Å². The largest absolute Gasteiger partial charge is 0.497 e. The number of primary amides is 1. The Hall–Kier alpha value is -4.12. The number of aromatic nitrogens is 1. The van der Waals surface area contributed by atoms with E-state index < -0.39 is 17.9 Å². The van der Waals surface area contributed by atoms with E-state index in [4.69, 9.17) is 20.9 Å². The first-order valence-corrected chi connectivity index (χ1v) is 13.5. The molecule has 2 aromatic carbocycles. The molecular weight excluding hydrogens is 518 g/mol. The van der Waals surface area contributed by atoms with E-state index in [1.54, 1.807) is 43.5 Å². The van der Waals surface area contributed by atoms with Crippen LogP contribution < -0.4 is 31.2 Å². The van der Waals surface area contributed by atoms with Gasteiger partial charge >= 0.3 is 0 Å². The van der Waals surface area contributed by atoms with Crippen LogP contribution in [0.25, 0.3) is 0 Å². The van der Waals surface area contributed by atoms with E-state index >= 15 is 0 Å². The lowest BCUT2D eigenvalue weighted by Gasteiger charge is -2.34. The van der Waals surface area contributed by atoms with Gasteiger partial charge in [0.25, 0.3) is 11.8 Å². The molecule has 11 heteroatoms. The van der Waals surface area contributed by atoms with Gasteiger partial charge in [-0.05, 0) is 66.7 Å². The van der Waals surface area contributed by atoms with Crippen LogP contribution in [0.4, 0.5) is 11.4 Å². The minimum atomic E-state index is -1.10. The molecule has 1 aliphatic rings. The second-order valence-corrected chi connectivity index (χ2v) is 10.3. The Balaban J connectivity index is 1.90. The van der Waals surface area contributed by atoms with Crippen LogP contribution in [0.5, 0.6) is 11.5 Å². The molecule has 0 bridgehead atoms. The topological polar surface area (TPSA) is 150 Å². The summed E-state index contributed by atoms with van der Waals surface area (Å²) in [4.78, 5) is 41.6. The fraction of sp³-hybridized carbons (Fsp3) is 0.357. The SMILES string of the molecule is COc1ccc([C@@H](C(=O)NC2CCCCC2)N(C(=O)c2snc(C(N)=O)c2N)c2cc(C)ccc2OC)cc1. The van der Waals surface area contributed by atoms with Crippen molar-refractivity contribution in [3.05, 3.63) is 64.2 Å².